The Morgan fingerprint density at radius 2 is 2.10 bits per heavy atom. The zero-order valence-electron chi connectivity index (χ0n) is 16.2. The minimum absolute atomic E-state index is 0.191. The molecule has 1 amide bonds. The zero-order chi connectivity index (χ0) is 21.0. The van der Waals surface area contributed by atoms with Crippen LogP contribution in [0.5, 0.6) is 0 Å². The van der Waals surface area contributed by atoms with Crippen LogP contribution in [-0.4, -0.2) is 33.8 Å². The van der Waals surface area contributed by atoms with E-state index in [-0.39, 0.29) is 17.4 Å². The van der Waals surface area contributed by atoms with Crippen LogP contribution in [0, 0.1) is 5.92 Å². The number of aromatic nitrogens is 3. The number of nitrogens with one attached hydrogen (secondary N) is 1. The van der Waals surface area contributed by atoms with Crippen LogP contribution in [-0.2, 0) is 22.5 Å². The second-order valence-corrected chi connectivity index (χ2v) is 7.70. The molecule has 0 atom stereocenters. The fraction of sp³-hybridized carbons (Fsp3) is 0.316. The van der Waals surface area contributed by atoms with Crippen molar-refractivity contribution in [3.63, 3.8) is 0 Å². The summed E-state index contributed by atoms with van der Waals surface area (Å²) in [6.07, 6.45) is 2.12. The summed E-state index contributed by atoms with van der Waals surface area (Å²) in [5.74, 6) is -0.256. The SMILES string of the molecule is COC(=O)c1nc(NC(=O)Cn2nc(-c3ccco3)ccc2=O)sc1CC(C)C. The summed E-state index contributed by atoms with van der Waals surface area (Å²) in [4.78, 5) is 41.3. The van der Waals surface area contributed by atoms with E-state index < -0.39 is 17.4 Å². The molecule has 0 aliphatic carbocycles. The summed E-state index contributed by atoms with van der Waals surface area (Å²) in [6, 6.07) is 6.25. The topological polar surface area (TPSA) is 116 Å². The van der Waals surface area contributed by atoms with Crippen molar-refractivity contribution in [2.75, 3.05) is 12.4 Å². The Bertz CT molecular complexity index is 1070. The van der Waals surface area contributed by atoms with Crippen LogP contribution in [0.3, 0.4) is 0 Å². The number of ether oxygens (including phenoxy) is 1. The van der Waals surface area contributed by atoms with E-state index >= 15 is 0 Å². The average Bonchev–Trinajstić information content (AvgIpc) is 3.33. The predicted molar refractivity (Wildman–Crippen MR) is 107 cm³/mol. The molecule has 3 aromatic heterocycles. The third-order valence-corrected chi connectivity index (χ3v) is 4.84. The molecule has 0 spiro atoms. The maximum absolute atomic E-state index is 12.4. The molecule has 0 saturated heterocycles. The van der Waals surface area contributed by atoms with Gasteiger partial charge in [0, 0.05) is 10.9 Å². The Balaban J connectivity index is 1.77. The third kappa shape index (κ3) is 4.96. The van der Waals surface area contributed by atoms with Crippen molar-refractivity contribution in [1.82, 2.24) is 14.8 Å². The molecule has 0 saturated carbocycles. The van der Waals surface area contributed by atoms with Crippen molar-refractivity contribution in [2.45, 2.75) is 26.8 Å². The van der Waals surface area contributed by atoms with Crippen molar-refractivity contribution in [3.8, 4) is 11.5 Å². The van der Waals surface area contributed by atoms with Crippen LogP contribution < -0.4 is 10.9 Å². The first-order valence-electron chi connectivity index (χ1n) is 8.87. The highest BCUT2D eigenvalue weighted by Gasteiger charge is 2.21. The number of rotatable bonds is 7. The first-order valence-corrected chi connectivity index (χ1v) is 9.69. The van der Waals surface area contributed by atoms with Gasteiger partial charge < -0.3 is 14.5 Å². The molecule has 0 fully saturated rings. The highest BCUT2D eigenvalue weighted by molar-refractivity contribution is 7.16. The normalized spacial score (nSPS) is 10.9. The highest BCUT2D eigenvalue weighted by atomic mass is 32.1. The first kappa shape index (κ1) is 20.5. The van der Waals surface area contributed by atoms with Gasteiger partial charge in [0.05, 0.1) is 13.4 Å². The van der Waals surface area contributed by atoms with Crippen LogP contribution >= 0.6 is 11.3 Å². The molecule has 0 aliphatic heterocycles. The number of esters is 1. The molecule has 0 radical (unpaired) electrons. The second-order valence-electron chi connectivity index (χ2n) is 6.62. The second kappa shape index (κ2) is 8.82. The van der Waals surface area contributed by atoms with Gasteiger partial charge in [-0.05, 0) is 30.5 Å². The molecule has 152 valence electrons. The van der Waals surface area contributed by atoms with E-state index in [9.17, 15) is 14.4 Å². The largest absolute Gasteiger partial charge is 0.464 e. The molecule has 29 heavy (non-hydrogen) atoms. The van der Waals surface area contributed by atoms with Gasteiger partial charge in [0.1, 0.15) is 12.2 Å². The molecule has 1 N–H and O–H groups in total. The number of amides is 1. The van der Waals surface area contributed by atoms with Gasteiger partial charge in [0.25, 0.3) is 5.56 Å². The van der Waals surface area contributed by atoms with E-state index in [1.807, 2.05) is 13.8 Å². The fourth-order valence-electron chi connectivity index (χ4n) is 2.58. The lowest BCUT2D eigenvalue weighted by Crippen LogP contribution is -2.29. The van der Waals surface area contributed by atoms with Crippen molar-refractivity contribution in [2.24, 2.45) is 5.92 Å². The van der Waals surface area contributed by atoms with Crippen molar-refractivity contribution in [3.05, 3.63) is 51.5 Å². The summed E-state index contributed by atoms with van der Waals surface area (Å²) in [6.45, 7) is 3.73. The monoisotopic (exact) mass is 416 g/mol. The van der Waals surface area contributed by atoms with Crippen LogP contribution in [0.2, 0.25) is 0 Å². The molecule has 3 aromatic rings. The molecule has 3 rings (SSSR count). The van der Waals surface area contributed by atoms with Gasteiger partial charge in [-0.3, -0.25) is 9.59 Å². The van der Waals surface area contributed by atoms with Crippen molar-refractivity contribution >= 4 is 28.3 Å². The number of hydrogen-bond acceptors (Lipinski definition) is 8. The molecule has 0 aromatic carbocycles. The number of nitrogens with zero attached hydrogens (tertiary/aromatic N) is 3. The van der Waals surface area contributed by atoms with Gasteiger partial charge in [-0.1, -0.05) is 13.8 Å². The molecule has 9 nitrogen and oxygen atoms in total. The minimum atomic E-state index is -0.554. The van der Waals surface area contributed by atoms with Crippen LogP contribution in [0.1, 0.15) is 29.2 Å². The molecule has 0 aliphatic rings. The Morgan fingerprint density at radius 3 is 2.76 bits per heavy atom. The summed E-state index contributed by atoms with van der Waals surface area (Å²) in [5, 5.41) is 7.05. The van der Waals surface area contributed by atoms with Gasteiger partial charge in [-0.15, -0.1) is 11.3 Å². The first-order chi connectivity index (χ1) is 13.9. The summed E-state index contributed by atoms with van der Waals surface area (Å²) in [7, 11) is 1.28. The Labute approximate surface area is 170 Å². The van der Waals surface area contributed by atoms with E-state index in [2.05, 4.69) is 15.4 Å². The highest BCUT2D eigenvalue weighted by Crippen LogP contribution is 2.26. The van der Waals surface area contributed by atoms with Gasteiger partial charge in [0.15, 0.2) is 16.6 Å². The summed E-state index contributed by atoms with van der Waals surface area (Å²) < 4.78 is 11.1. The average molecular weight is 416 g/mol. The van der Waals surface area contributed by atoms with Crippen molar-refractivity contribution in [1.29, 1.82) is 0 Å². The number of anilines is 1. The number of carbonyl (C=O) groups excluding carboxylic acids is 2. The van der Waals surface area contributed by atoms with Gasteiger partial charge in [-0.25, -0.2) is 14.5 Å². The maximum Gasteiger partial charge on any atom is 0.357 e. The molecule has 0 bridgehead atoms. The summed E-state index contributed by atoms with van der Waals surface area (Å²) in [5.41, 5.74) is 0.200. The van der Waals surface area contributed by atoms with Gasteiger partial charge in [-0.2, -0.15) is 5.10 Å². The Morgan fingerprint density at radius 1 is 1.31 bits per heavy atom. The van der Waals surface area contributed by atoms with E-state index in [0.29, 0.717) is 23.8 Å². The lowest BCUT2D eigenvalue weighted by atomic mass is 10.1. The number of carbonyl (C=O) groups is 2. The van der Waals surface area contributed by atoms with E-state index in [0.717, 1.165) is 9.56 Å². The van der Waals surface area contributed by atoms with Crippen LogP contribution in [0.15, 0.2) is 39.7 Å². The predicted octanol–water partition coefficient (Wildman–Crippen LogP) is 2.58. The molecular weight excluding hydrogens is 396 g/mol. The van der Waals surface area contributed by atoms with Crippen molar-refractivity contribution < 1.29 is 18.7 Å². The third-order valence-electron chi connectivity index (χ3n) is 3.85. The van der Waals surface area contributed by atoms with E-state index in [1.54, 1.807) is 12.1 Å². The quantitative estimate of drug-likeness (QED) is 0.588. The minimum Gasteiger partial charge on any atom is -0.464 e. The zero-order valence-corrected chi connectivity index (χ0v) is 17.0. The lowest BCUT2D eigenvalue weighted by molar-refractivity contribution is -0.117. The Hall–Kier alpha value is -3.27. The van der Waals surface area contributed by atoms with E-state index in [1.165, 1.54) is 36.8 Å². The smallest absolute Gasteiger partial charge is 0.357 e. The number of methoxy groups -OCH3 is 1. The molecule has 3 heterocycles. The molecule has 0 unspecified atom stereocenters. The lowest BCUT2D eigenvalue weighted by Gasteiger charge is -2.05. The summed E-state index contributed by atoms with van der Waals surface area (Å²) >= 11 is 1.21. The molecule has 10 heteroatoms. The molecular formula is C19H20N4O5S. The number of furan rings is 1. The Kier molecular flexibility index (Phi) is 6.23. The van der Waals surface area contributed by atoms with Crippen LogP contribution in [0.4, 0.5) is 5.13 Å². The standard InChI is InChI=1S/C19H20N4O5S/c1-11(2)9-14-17(18(26)27-3)21-19(29-14)20-15(24)10-23-16(25)7-6-12(22-23)13-5-4-8-28-13/h4-8,11H,9-10H2,1-3H3,(H,20,21,24). The van der Waals surface area contributed by atoms with Crippen LogP contribution in [0.25, 0.3) is 11.5 Å². The number of thiazole rings is 1. The maximum atomic E-state index is 12.4. The van der Waals surface area contributed by atoms with E-state index in [4.69, 9.17) is 9.15 Å². The number of hydrogen-bond donors (Lipinski definition) is 1. The fourth-order valence-corrected chi connectivity index (χ4v) is 3.76. The van der Waals surface area contributed by atoms with Gasteiger partial charge >= 0.3 is 5.97 Å². The van der Waals surface area contributed by atoms with Gasteiger partial charge in [0.2, 0.25) is 5.91 Å².